The largest absolute Gasteiger partial charge is 0.493 e. The van der Waals surface area contributed by atoms with Crippen LogP contribution >= 0.6 is 0 Å². The van der Waals surface area contributed by atoms with Crippen molar-refractivity contribution in [1.82, 2.24) is 10.2 Å². The lowest BCUT2D eigenvalue weighted by Gasteiger charge is -2.34. The summed E-state index contributed by atoms with van der Waals surface area (Å²) >= 11 is 0. The lowest BCUT2D eigenvalue weighted by atomic mass is 10.0. The Hall–Kier alpha value is -4.83. The maximum absolute atomic E-state index is 14.7. The van der Waals surface area contributed by atoms with Gasteiger partial charge in [-0.2, -0.15) is 0 Å². The van der Waals surface area contributed by atoms with Gasteiger partial charge in [0.1, 0.15) is 12.6 Å². The van der Waals surface area contributed by atoms with E-state index >= 15 is 0 Å². The second kappa shape index (κ2) is 16.3. The third-order valence-corrected chi connectivity index (χ3v) is 10.2. The van der Waals surface area contributed by atoms with Crippen LogP contribution in [0.25, 0.3) is 0 Å². The molecule has 0 aliphatic heterocycles. The van der Waals surface area contributed by atoms with E-state index < -0.39 is 28.5 Å². The standard InChI is InChI=1S/C38H45N3O6S/c1-7-29(4)39-38(43)34(23-30-14-9-8-10-15-30)40(25-31-16-12-11-13-28(31)3)37(42)26-41(32-19-17-27(2)18-20-32)48(44,45)33-21-22-35(46-5)36(24-33)47-6/h8-22,24,29,34H,7,23,25-26H2,1-6H3,(H,39,43). The first kappa shape index (κ1) is 36.0. The lowest BCUT2D eigenvalue weighted by molar-refractivity contribution is -0.140. The Labute approximate surface area is 284 Å². The second-order valence-corrected chi connectivity index (χ2v) is 13.7. The van der Waals surface area contributed by atoms with E-state index in [0.717, 1.165) is 26.6 Å². The van der Waals surface area contributed by atoms with Gasteiger partial charge in [0.2, 0.25) is 11.8 Å². The zero-order chi connectivity index (χ0) is 34.8. The van der Waals surface area contributed by atoms with Gasteiger partial charge in [0.25, 0.3) is 10.0 Å². The Morgan fingerprint density at radius 3 is 2.10 bits per heavy atom. The van der Waals surface area contributed by atoms with Crippen LogP contribution in [-0.4, -0.2) is 58.0 Å². The van der Waals surface area contributed by atoms with Crippen LogP contribution < -0.4 is 19.1 Å². The summed E-state index contributed by atoms with van der Waals surface area (Å²) in [6.45, 7) is 7.30. The van der Waals surface area contributed by atoms with E-state index in [9.17, 15) is 18.0 Å². The van der Waals surface area contributed by atoms with Crippen molar-refractivity contribution in [3.05, 3.63) is 119 Å². The maximum Gasteiger partial charge on any atom is 0.264 e. The van der Waals surface area contributed by atoms with Gasteiger partial charge in [-0.3, -0.25) is 13.9 Å². The SMILES string of the molecule is CCC(C)NC(=O)C(Cc1ccccc1)N(Cc1ccccc1C)C(=O)CN(c1ccc(C)cc1)S(=O)(=O)c1ccc(OC)c(OC)c1. The molecule has 0 aliphatic rings. The van der Waals surface area contributed by atoms with Gasteiger partial charge in [0.15, 0.2) is 11.5 Å². The predicted molar refractivity (Wildman–Crippen MR) is 189 cm³/mol. The van der Waals surface area contributed by atoms with Gasteiger partial charge in [-0.15, -0.1) is 0 Å². The number of aryl methyl sites for hydroxylation is 2. The minimum atomic E-state index is -4.31. The molecule has 2 atom stereocenters. The summed E-state index contributed by atoms with van der Waals surface area (Å²) in [7, 11) is -1.42. The number of ether oxygens (including phenoxy) is 2. The van der Waals surface area contributed by atoms with Gasteiger partial charge in [0.05, 0.1) is 24.8 Å². The first-order valence-corrected chi connectivity index (χ1v) is 17.4. The van der Waals surface area contributed by atoms with Crippen LogP contribution in [0.4, 0.5) is 5.69 Å². The Balaban J connectivity index is 1.84. The molecule has 4 aromatic carbocycles. The van der Waals surface area contributed by atoms with Gasteiger partial charge < -0.3 is 19.7 Å². The molecular formula is C38H45N3O6S. The second-order valence-electron chi connectivity index (χ2n) is 11.8. The molecule has 0 heterocycles. The number of carbonyl (C=O) groups is 2. The van der Waals surface area contributed by atoms with E-state index in [0.29, 0.717) is 17.9 Å². The van der Waals surface area contributed by atoms with E-state index in [4.69, 9.17) is 9.47 Å². The number of sulfonamides is 1. The van der Waals surface area contributed by atoms with E-state index in [2.05, 4.69) is 5.32 Å². The highest BCUT2D eigenvalue weighted by Gasteiger charge is 2.35. The van der Waals surface area contributed by atoms with E-state index in [-0.39, 0.29) is 35.6 Å². The van der Waals surface area contributed by atoms with Crippen LogP contribution in [0.15, 0.2) is 102 Å². The minimum absolute atomic E-state index is 0.0747. The van der Waals surface area contributed by atoms with Crippen LogP contribution in [0.3, 0.4) is 0 Å². The smallest absolute Gasteiger partial charge is 0.264 e. The fourth-order valence-corrected chi connectivity index (χ4v) is 6.74. The number of rotatable bonds is 15. The van der Waals surface area contributed by atoms with Crippen LogP contribution in [-0.2, 0) is 32.6 Å². The number of anilines is 1. The van der Waals surface area contributed by atoms with Gasteiger partial charge in [-0.1, -0.05) is 79.2 Å². The third-order valence-electron chi connectivity index (χ3n) is 8.42. The van der Waals surface area contributed by atoms with Gasteiger partial charge in [-0.25, -0.2) is 8.42 Å². The van der Waals surface area contributed by atoms with Crippen molar-refractivity contribution in [2.75, 3.05) is 25.1 Å². The zero-order valence-corrected chi connectivity index (χ0v) is 29.3. The quantitative estimate of drug-likeness (QED) is 0.165. The van der Waals surface area contributed by atoms with Crippen molar-refractivity contribution >= 4 is 27.5 Å². The summed E-state index contributed by atoms with van der Waals surface area (Å²) in [4.78, 5) is 30.2. The molecule has 0 aliphatic carbocycles. The number of amides is 2. The van der Waals surface area contributed by atoms with Gasteiger partial charge in [-0.05, 0) is 68.1 Å². The fraction of sp³-hybridized carbons (Fsp3) is 0.316. The number of methoxy groups -OCH3 is 2. The highest BCUT2D eigenvalue weighted by Crippen LogP contribution is 2.32. The summed E-state index contributed by atoms with van der Waals surface area (Å²) in [6.07, 6.45) is 0.952. The Kier molecular flexibility index (Phi) is 12.2. The van der Waals surface area contributed by atoms with Crippen molar-refractivity contribution in [2.24, 2.45) is 0 Å². The minimum Gasteiger partial charge on any atom is -0.493 e. The highest BCUT2D eigenvalue weighted by molar-refractivity contribution is 7.92. The zero-order valence-electron chi connectivity index (χ0n) is 28.5. The molecule has 0 aromatic heterocycles. The van der Waals surface area contributed by atoms with Crippen molar-refractivity contribution in [1.29, 1.82) is 0 Å². The van der Waals surface area contributed by atoms with Gasteiger partial charge in [0, 0.05) is 25.1 Å². The molecule has 2 unspecified atom stereocenters. The molecule has 0 radical (unpaired) electrons. The van der Waals surface area contributed by atoms with E-state index in [1.54, 1.807) is 24.3 Å². The number of benzene rings is 4. The molecule has 2 amide bonds. The molecule has 0 bridgehead atoms. The van der Waals surface area contributed by atoms with E-state index in [1.807, 2.05) is 82.3 Å². The van der Waals surface area contributed by atoms with Gasteiger partial charge >= 0.3 is 0 Å². The maximum atomic E-state index is 14.7. The summed E-state index contributed by atoms with van der Waals surface area (Å²) in [6, 6.07) is 27.4. The lowest BCUT2D eigenvalue weighted by Crippen LogP contribution is -2.54. The Morgan fingerprint density at radius 2 is 1.48 bits per heavy atom. The summed E-state index contributed by atoms with van der Waals surface area (Å²) < 4.78 is 40.6. The van der Waals surface area contributed by atoms with Crippen LogP contribution in [0.2, 0.25) is 0 Å². The first-order chi connectivity index (χ1) is 23.0. The molecule has 1 N–H and O–H groups in total. The topological polar surface area (TPSA) is 105 Å². The number of nitrogens with zero attached hydrogens (tertiary/aromatic N) is 2. The summed E-state index contributed by atoms with van der Waals surface area (Å²) in [5, 5.41) is 3.07. The monoisotopic (exact) mass is 671 g/mol. The molecule has 9 nitrogen and oxygen atoms in total. The molecule has 48 heavy (non-hydrogen) atoms. The molecule has 0 fully saturated rings. The molecule has 0 spiro atoms. The van der Waals surface area contributed by atoms with Crippen molar-refractivity contribution in [3.8, 4) is 11.5 Å². The first-order valence-electron chi connectivity index (χ1n) is 16.0. The van der Waals surface area contributed by atoms with Crippen molar-refractivity contribution in [3.63, 3.8) is 0 Å². The highest BCUT2D eigenvalue weighted by atomic mass is 32.2. The summed E-state index contributed by atoms with van der Waals surface area (Å²) in [5.41, 5.74) is 3.91. The number of nitrogens with one attached hydrogen (secondary N) is 1. The average molecular weight is 672 g/mol. The molecule has 4 rings (SSSR count). The summed E-state index contributed by atoms with van der Waals surface area (Å²) in [5.74, 6) is -0.225. The van der Waals surface area contributed by atoms with Crippen LogP contribution in [0.5, 0.6) is 11.5 Å². The fourth-order valence-electron chi connectivity index (χ4n) is 5.31. The number of hydrogen-bond donors (Lipinski definition) is 1. The van der Waals surface area contributed by atoms with Crippen LogP contribution in [0, 0.1) is 13.8 Å². The van der Waals surface area contributed by atoms with Crippen molar-refractivity contribution in [2.45, 2.75) is 64.1 Å². The van der Waals surface area contributed by atoms with Crippen molar-refractivity contribution < 1.29 is 27.5 Å². The average Bonchev–Trinajstić information content (AvgIpc) is 3.09. The molecule has 10 heteroatoms. The normalized spacial score (nSPS) is 12.5. The number of carbonyl (C=O) groups excluding carboxylic acids is 2. The predicted octanol–water partition coefficient (Wildman–Crippen LogP) is 6.07. The molecule has 0 saturated carbocycles. The molecule has 254 valence electrons. The number of hydrogen-bond acceptors (Lipinski definition) is 6. The van der Waals surface area contributed by atoms with E-state index in [1.165, 1.54) is 37.3 Å². The third kappa shape index (κ3) is 8.74. The Bertz CT molecular complexity index is 1800. The van der Waals surface area contributed by atoms with Crippen LogP contribution in [0.1, 0.15) is 42.5 Å². The molecule has 4 aromatic rings. The molecule has 0 saturated heterocycles. The molecular weight excluding hydrogens is 627 g/mol. The Morgan fingerprint density at radius 1 is 0.833 bits per heavy atom.